The molecule has 1 saturated carbocycles. The average Bonchev–Trinajstić information content (AvgIpc) is 3.06. The molecule has 104 valence electrons. The van der Waals surface area contributed by atoms with Crippen molar-refractivity contribution in [1.82, 2.24) is 4.31 Å². The fourth-order valence-electron chi connectivity index (χ4n) is 2.21. The van der Waals surface area contributed by atoms with E-state index in [-0.39, 0.29) is 37.8 Å². The van der Waals surface area contributed by atoms with E-state index in [2.05, 4.69) is 4.74 Å². The standard InChI is InChI=1S/C11H19NO5S/c1-2-17-10(13)5-6-18(15,16)12-7-11(14,8-12)9-3-4-9/h9,14H,2-8H2,1H3. The molecular formula is C11H19NO5S. The van der Waals surface area contributed by atoms with Crippen LogP contribution in [0.25, 0.3) is 0 Å². The average molecular weight is 277 g/mol. The van der Waals surface area contributed by atoms with Gasteiger partial charge in [-0.25, -0.2) is 8.42 Å². The molecule has 1 aliphatic heterocycles. The van der Waals surface area contributed by atoms with Crippen LogP contribution in [0.4, 0.5) is 0 Å². The van der Waals surface area contributed by atoms with Gasteiger partial charge in [0.25, 0.3) is 0 Å². The van der Waals surface area contributed by atoms with Gasteiger partial charge in [0, 0.05) is 13.1 Å². The molecule has 0 amide bonds. The second-order valence-corrected chi connectivity index (χ2v) is 7.11. The van der Waals surface area contributed by atoms with E-state index < -0.39 is 21.6 Å². The molecule has 0 radical (unpaired) electrons. The van der Waals surface area contributed by atoms with E-state index in [4.69, 9.17) is 0 Å². The fraction of sp³-hybridized carbons (Fsp3) is 0.909. The van der Waals surface area contributed by atoms with Gasteiger partial charge in [-0.3, -0.25) is 4.79 Å². The molecular weight excluding hydrogens is 258 g/mol. The molecule has 0 aromatic rings. The molecule has 2 rings (SSSR count). The topological polar surface area (TPSA) is 83.9 Å². The number of sulfonamides is 1. The molecule has 7 heteroatoms. The second-order valence-electron chi connectivity index (χ2n) is 5.02. The van der Waals surface area contributed by atoms with Gasteiger partial charge >= 0.3 is 5.97 Å². The zero-order valence-corrected chi connectivity index (χ0v) is 11.3. The minimum absolute atomic E-state index is 0.130. The lowest BCUT2D eigenvalue weighted by Gasteiger charge is -2.45. The van der Waals surface area contributed by atoms with Crippen molar-refractivity contribution >= 4 is 16.0 Å². The first-order valence-electron chi connectivity index (χ1n) is 6.23. The second kappa shape index (κ2) is 4.79. The first kappa shape index (κ1) is 13.8. The lowest BCUT2D eigenvalue weighted by molar-refractivity contribution is -0.142. The molecule has 1 saturated heterocycles. The number of hydrogen-bond acceptors (Lipinski definition) is 5. The summed E-state index contributed by atoms with van der Waals surface area (Å²) >= 11 is 0. The van der Waals surface area contributed by atoms with E-state index in [1.54, 1.807) is 6.92 Å². The first-order valence-corrected chi connectivity index (χ1v) is 7.84. The predicted molar refractivity (Wildman–Crippen MR) is 64.3 cm³/mol. The van der Waals surface area contributed by atoms with Crippen molar-refractivity contribution in [2.75, 3.05) is 25.4 Å². The van der Waals surface area contributed by atoms with Crippen LogP contribution in [-0.4, -0.2) is 54.8 Å². The van der Waals surface area contributed by atoms with Crippen LogP contribution in [0.2, 0.25) is 0 Å². The van der Waals surface area contributed by atoms with Gasteiger partial charge < -0.3 is 9.84 Å². The quantitative estimate of drug-likeness (QED) is 0.675. The minimum atomic E-state index is -3.44. The molecule has 0 unspecified atom stereocenters. The van der Waals surface area contributed by atoms with Crippen LogP contribution in [0.5, 0.6) is 0 Å². The Bertz CT molecular complexity index is 423. The summed E-state index contributed by atoms with van der Waals surface area (Å²) in [5.74, 6) is -0.486. The van der Waals surface area contributed by atoms with E-state index in [9.17, 15) is 18.3 Å². The van der Waals surface area contributed by atoms with Crippen molar-refractivity contribution in [2.24, 2.45) is 5.92 Å². The third-order valence-electron chi connectivity index (χ3n) is 3.50. The maximum Gasteiger partial charge on any atom is 0.306 e. The largest absolute Gasteiger partial charge is 0.466 e. The van der Waals surface area contributed by atoms with Gasteiger partial charge in [-0.15, -0.1) is 0 Å². The van der Waals surface area contributed by atoms with E-state index in [1.807, 2.05) is 0 Å². The highest BCUT2D eigenvalue weighted by Gasteiger charge is 2.54. The van der Waals surface area contributed by atoms with Gasteiger partial charge in [0.1, 0.15) is 0 Å². The first-order chi connectivity index (χ1) is 8.37. The van der Waals surface area contributed by atoms with Crippen LogP contribution in [0.3, 0.4) is 0 Å². The number of esters is 1. The summed E-state index contributed by atoms with van der Waals surface area (Å²) in [6.45, 7) is 2.27. The molecule has 0 aromatic heterocycles. The Hall–Kier alpha value is -0.660. The van der Waals surface area contributed by atoms with Gasteiger partial charge in [-0.1, -0.05) is 0 Å². The predicted octanol–water partition coefficient (Wildman–Crippen LogP) is -0.274. The molecule has 2 aliphatic rings. The molecule has 6 nitrogen and oxygen atoms in total. The smallest absolute Gasteiger partial charge is 0.306 e. The van der Waals surface area contributed by atoms with Crippen molar-refractivity contribution in [3.8, 4) is 0 Å². The molecule has 1 N–H and O–H groups in total. The Morgan fingerprint density at radius 3 is 2.56 bits per heavy atom. The van der Waals surface area contributed by atoms with Crippen molar-refractivity contribution in [3.63, 3.8) is 0 Å². The molecule has 0 aromatic carbocycles. The lowest BCUT2D eigenvalue weighted by atomic mass is 9.91. The molecule has 0 bridgehead atoms. The minimum Gasteiger partial charge on any atom is -0.466 e. The number of nitrogens with zero attached hydrogens (tertiary/aromatic N) is 1. The highest BCUT2D eigenvalue weighted by Crippen LogP contribution is 2.45. The third-order valence-corrected chi connectivity index (χ3v) is 5.27. The van der Waals surface area contributed by atoms with Crippen LogP contribution in [-0.2, 0) is 19.6 Å². The molecule has 1 heterocycles. The molecule has 0 atom stereocenters. The van der Waals surface area contributed by atoms with E-state index in [1.165, 1.54) is 4.31 Å². The monoisotopic (exact) mass is 277 g/mol. The SMILES string of the molecule is CCOC(=O)CCS(=O)(=O)N1CC(O)(C2CC2)C1. The van der Waals surface area contributed by atoms with Crippen molar-refractivity contribution in [2.45, 2.75) is 31.8 Å². The zero-order chi connectivity index (χ0) is 13.4. The summed E-state index contributed by atoms with van der Waals surface area (Å²) in [7, 11) is -3.44. The van der Waals surface area contributed by atoms with Crippen LogP contribution in [0, 0.1) is 5.92 Å². The van der Waals surface area contributed by atoms with E-state index in [0.717, 1.165) is 12.8 Å². The Labute approximate surface area is 107 Å². The number of β-amino-alcohol motifs (C(OH)–C–C–N with tert-alkyl or cyclic N) is 1. The normalized spacial score (nSPS) is 23.4. The summed E-state index contributed by atoms with van der Waals surface area (Å²) in [6, 6.07) is 0. The highest BCUT2D eigenvalue weighted by molar-refractivity contribution is 7.89. The number of rotatable bonds is 6. The van der Waals surface area contributed by atoms with Crippen molar-refractivity contribution < 1.29 is 23.1 Å². The summed E-state index contributed by atoms with van der Waals surface area (Å²) in [4.78, 5) is 11.1. The number of carbonyl (C=O) groups excluding carboxylic acids is 1. The van der Waals surface area contributed by atoms with Gasteiger partial charge in [-0.2, -0.15) is 4.31 Å². The molecule has 2 fully saturated rings. The maximum atomic E-state index is 11.9. The zero-order valence-electron chi connectivity index (χ0n) is 10.5. The number of hydrogen-bond donors (Lipinski definition) is 1. The van der Waals surface area contributed by atoms with Crippen LogP contribution >= 0.6 is 0 Å². The summed E-state index contributed by atoms with van der Waals surface area (Å²) in [5.41, 5.74) is -0.822. The van der Waals surface area contributed by atoms with Gasteiger partial charge in [0.2, 0.25) is 10.0 Å². The lowest BCUT2D eigenvalue weighted by Crippen LogP contribution is -2.64. The van der Waals surface area contributed by atoms with Crippen LogP contribution < -0.4 is 0 Å². The van der Waals surface area contributed by atoms with Crippen molar-refractivity contribution in [3.05, 3.63) is 0 Å². The van der Waals surface area contributed by atoms with Crippen LogP contribution in [0.1, 0.15) is 26.2 Å². The third kappa shape index (κ3) is 2.84. The highest BCUT2D eigenvalue weighted by atomic mass is 32.2. The fourth-order valence-corrected chi connectivity index (χ4v) is 3.74. The summed E-state index contributed by atoms with van der Waals surface area (Å²) < 4.78 is 29.7. The number of ether oxygens (including phenoxy) is 1. The summed E-state index contributed by atoms with van der Waals surface area (Å²) in [5, 5.41) is 10.0. The number of carbonyl (C=O) groups is 1. The Kier molecular flexibility index (Phi) is 3.66. The van der Waals surface area contributed by atoms with Gasteiger partial charge in [0.05, 0.1) is 24.4 Å². The van der Waals surface area contributed by atoms with E-state index in [0.29, 0.717) is 0 Å². The molecule has 0 spiro atoms. The van der Waals surface area contributed by atoms with Gasteiger partial charge in [0.15, 0.2) is 0 Å². The molecule has 18 heavy (non-hydrogen) atoms. The molecule has 1 aliphatic carbocycles. The summed E-state index contributed by atoms with van der Waals surface area (Å²) in [6.07, 6.45) is 1.83. The maximum absolute atomic E-state index is 11.9. The Morgan fingerprint density at radius 2 is 2.06 bits per heavy atom. The Balaban J connectivity index is 1.80. The number of aliphatic hydroxyl groups is 1. The van der Waals surface area contributed by atoms with Crippen molar-refractivity contribution in [1.29, 1.82) is 0 Å². The van der Waals surface area contributed by atoms with Gasteiger partial charge in [-0.05, 0) is 25.7 Å². The Morgan fingerprint density at radius 1 is 1.44 bits per heavy atom. The van der Waals surface area contributed by atoms with E-state index >= 15 is 0 Å². The van der Waals surface area contributed by atoms with Crippen LogP contribution in [0.15, 0.2) is 0 Å².